The maximum atomic E-state index is 11.6. The molecule has 1 aromatic heterocycles. The summed E-state index contributed by atoms with van der Waals surface area (Å²) in [6.07, 6.45) is 5.41. The number of piperidine rings is 3. The van der Waals surface area contributed by atoms with Crippen molar-refractivity contribution in [1.82, 2.24) is 9.88 Å². The molecule has 25 heavy (non-hydrogen) atoms. The van der Waals surface area contributed by atoms with Crippen molar-refractivity contribution in [2.45, 2.75) is 44.8 Å². The van der Waals surface area contributed by atoms with Crippen LogP contribution in [0.2, 0.25) is 0 Å². The van der Waals surface area contributed by atoms with Crippen molar-refractivity contribution in [3.8, 4) is 5.75 Å². The summed E-state index contributed by atoms with van der Waals surface area (Å²) in [4.78, 5) is 6.98. The van der Waals surface area contributed by atoms with E-state index >= 15 is 0 Å². The van der Waals surface area contributed by atoms with E-state index in [4.69, 9.17) is 4.74 Å². The number of hydrogen-bond donors (Lipinski definition) is 1. The van der Waals surface area contributed by atoms with Crippen molar-refractivity contribution < 1.29 is 9.84 Å². The molecule has 4 heteroatoms. The summed E-state index contributed by atoms with van der Waals surface area (Å²) in [6, 6.07) is 8.03. The third kappa shape index (κ3) is 2.72. The maximum Gasteiger partial charge on any atom is 0.119 e. The van der Waals surface area contributed by atoms with E-state index in [9.17, 15) is 5.11 Å². The number of pyridine rings is 1. The van der Waals surface area contributed by atoms with Crippen molar-refractivity contribution in [2.24, 2.45) is 11.8 Å². The Bertz CT molecular complexity index is 774. The van der Waals surface area contributed by atoms with Crippen LogP contribution in [0.1, 0.15) is 38.7 Å². The number of hydrogen-bond acceptors (Lipinski definition) is 4. The second-order valence-corrected chi connectivity index (χ2v) is 7.85. The minimum Gasteiger partial charge on any atom is -0.497 e. The molecule has 1 N–H and O–H groups in total. The van der Waals surface area contributed by atoms with Gasteiger partial charge in [-0.25, -0.2) is 0 Å². The highest BCUT2D eigenvalue weighted by Gasteiger charge is 2.47. The topological polar surface area (TPSA) is 45.6 Å². The molecule has 3 fully saturated rings. The fraction of sp³-hybridized carbons (Fsp3) is 0.571. The summed E-state index contributed by atoms with van der Waals surface area (Å²) in [6.45, 7) is 6.50. The quantitative estimate of drug-likeness (QED) is 0.924. The first-order valence-corrected chi connectivity index (χ1v) is 9.44. The van der Waals surface area contributed by atoms with Gasteiger partial charge in [0, 0.05) is 24.2 Å². The van der Waals surface area contributed by atoms with Gasteiger partial charge in [0.25, 0.3) is 0 Å². The van der Waals surface area contributed by atoms with Crippen LogP contribution in [0.15, 0.2) is 30.5 Å². The molecular formula is C21H28N2O2. The summed E-state index contributed by atoms with van der Waals surface area (Å²) >= 11 is 0. The van der Waals surface area contributed by atoms with Crippen molar-refractivity contribution in [3.05, 3.63) is 36.0 Å². The number of ether oxygens (including phenoxy) is 1. The number of methoxy groups -OCH3 is 1. The van der Waals surface area contributed by atoms with Crippen molar-refractivity contribution in [2.75, 3.05) is 20.2 Å². The highest BCUT2D eigenvalue weighted by molar-refractivity contribution is 5.84. The smallest absolute Gasteiger partial charge is 0.119 e. The number of aliphatic hydroxyl groups is 1. The van der Waals surface area contributed by atoms with Gasteiger partial charge in [0.15, 0.2) is 0 Å². The Kier molecular flexibility index (Phi) is 4.20. The molecule has 0 radical (unpaired) electrons. The summed E-state index contributed by atoms with van der Waals surface area (Å²) in [7, 11) is 1.67. The molecule has 2 aromatic rings. The van der Waals surface area contributed by atoms with Crippen molar-refractivity contribution in [3.63, 3.8) is 0 Å². The van der Waals surface area contributed by atoms with Crippen molar-refractivity contribution >= 4 is 10.9 Å². The first kappa shape index (κ1) is 16.8. The highest BCUT2D eigenvalue weighted by atomic mass is 16.5. The molecule has 5 atom stereocenters. The average Bonchev–Trinajstić information content (AvgIpc) is 2.67. The van der Waals surface area contributed by atoms with E-state index in [1.54, 1.807) is 7.11 Å². The lowest BCUT2D eigenvalue weighted by Gasteiger charge is -2.54. The SMILES string of the molecule is CC[C@H]1CN2CC[C@H]1C[C@H]2[C@](C)(O)c1ccnc2ccc(OC)cc12. The predicted octanol–water partition coefficient (Wildman–Crippen LogP) is 3.57. The first-order valence-electron chi connectivity index (χ1n) is 9.44. The Morgan fingerprint density at radius 2 is 2.20 bits per heavy atom. The third-order valence-electron chi connectivity index (χ3n) is 6.56. The van der Waals surface area contributed by atoms with Crippen molar-refractivity contribution in [1.29, 1.82) is 0 Å². The van der Waals surface area contributed by atoms with E-state index in [1.807, 2.05) is 37.4 Å². The second-order valence-electron chi connectivity index (χ2n) is 7.85. The van der Waals surface area contributed by atoms with E-state index in [0.29, 0.717) is 0 Å². The third-order valence-corrected chi connectivity index (χ3v) is 6.56. The van der Waals surface area contributed by atoms with Gasteiger partial charge in [0.2, 0.25) is 0 Å². The minimum atomic E-state index is -0.898. The van der Waals surface area contributed by atoms with Gasteiger partial charge in [0.05, 0.1) is 12.6 Å². The van der Waals surface area contributed by atoms with Gasteiger partial charge in [-0.3, -0.25) is 9.88 Å². The maximum absolute atomic E-state index is 11.6. The standard InChI is InChI=1S/C21H28N2O2/c1-4-14-13-23-10-8-15(14)11-20(23)21(2,24)18-7-9-22-19-6-5-16(25-3)12-17(18)19/h5-7,9,12,14-15,20,24H,4,8,10-11,13H2,1-3H3/t14-,15-,20-,21+/m0/s1. The number of benzene rings is 1. The Balaban J connectivity index is 1.75. The van der Waals surface area contributed by atoms with Gasteiger partial charge in [-0.2, -0.15) is 0 Å². The normalized spacial score (nSPS) is 31.0. The Labute approximate surface area is 149 Å². The number of fused-ring (bicyclic) bond motifs is 4. The zero-order valence-electron chi connectivity index (χ0n) is 15.4. The highest BCUT2D eigenvalue weighted by Crippen LogP contribution is 2.45. The second kappa shape index (κ2) is 6.26. The molecule has 1 aromatic carbocycles. The molecule has 3 saturated heterocycles. The van der Waals surface area contributed by atoms with Crippen LogP contribution in [0, 0.1) is 11.8 Å². The van der Waals surface area contributed by atoms with Crippen LogP contribution >= 0.6 is 0 Å². The van der Waals surface area contributed by atoms with Crippen LogP contribution in [0.4, 0.5) is 0 Å². The Morgan fingerprint density at radius 1 is 1.36 bits per heavy atom. The van der Waals surface area contributed by atoms with Gasteiger partial charge in [0.1, 0.15) is 11.4 Å². The van der Waals surface area contributed by atoms with E-state index in [2.05, 4.69) is 16.8 Å². The van der Waals surface area contributed by atoms with Gasteiger partial charge in [-0.05, 0) is 68.0 Å². The molecule has 0 spiro atoms. The van der Waals surface area contributed by atoms with E-state index in [-0.39, 0.29) is 6.04 Å². The largest absolute Gasteiger partial charge is 0.497 e. The fourth-order valence-corrected chi connectivity index (χ4v) is 5.06. The Hall–Kier alpha value is -1.65. The lowest BCUT2D eigenvalue weighted by molar-refractivity contribution is -0.106. The molecule has 5 rings (SSSR count). The number of aromatic nitrogens is 1. The molecule has 3 aliphatic rings. The van der Waals surface area contributed by atoms with Crippen LogP contribution in [-0.4, -0.2) is 41.2 Å². The average molecular weight is 340 g/mol. The molecule has 134 valence electrons. The molecule has 0 saturated carbocycles. The van der Waals surface area contributed by atoms with Gasteiger partial charge in [-0.15, -0.1) is 0 Å². The number of rotatable bonds is 4. The molecular weight excluding hydrogens is 312 g/mol. The summed E-state index contributed by atoms with van der Waals surface area (Å²) in [5, 5.41) is 12.6. The summed E-state index contributed by atoms with van der Waals surface area (Å²) in [5.41, 5.74) is 0.966. The zero-order chi connectivity index (χ0) is 17.6. The molecule has 4 nitrogen and oxygen atoms in total. The van der Waals surface area contributed by atoms with Crippen LogP contribution in [0.3, 0.4) is 0 Å². The molecule has 2 bridgehead atoms. The lowest BCUT2D eigenvalue weighted by Crippen LogP contribution is -2.60. The van der Waals surface area contributed by atoms with Gasteiger partial charge < -0.3 is 9.84 Å². The van der Waals surface area contributed by atoms with E-state index < -0.39 is 5.60 Å². The fourth-order valence-electron chi connectivity index (χ4n) is 5.06. The Morgan fingerprint density at radius 3 is 2.88 bits per heavy atom. The molecule has 1 unspecified atom stereocenters. The minimum absolute atomic E-state index is 0.172. The first-order chi connectivity index (χ1) is 12.0. The molecule has 0 aliphatic carbocycles. The molecule has 0 amide bonds. The zero-order valence-corrected chi connectivity index (χ0v) is 15.4. The monoisotopic (exact) mass is 340 g/mol. The predicted molar refractivity (Wildman–Crippen MR) is 99.7 cm³/mol. The van der Waals surface area contributed by atoms with Crippen LogP contribution in [0.25, 0.3) is 10.9 Å². The summed E-state index contributed by atoms with van der Waals surface area (Å²) < 4.78 is 5.39. The molecule has 4 heterocycles. The lowest BCUT2D eigenvalue weighted by atomic mass is 9.69. The van der Waals surface area contributed by atoms with E-state index in [0.717, 1.165) is 53.6 Å². The van der Waals surface area contributed by atoms with Gasteiger partial charge in [-0.1, -0.05) is 13.3 Å². The van der Waals surface area contributed by atoms with Gasteiger partial charge >= 0.3 is 0 Å². The van der Waals surface area contributed by atoms with Crippen LogP contribution in [-0.2, 0) is 5.60 Å². The summed E-state index contributed by atoms with van der Waals surface area (Å²) in [5.74, 6) is 2.33. The van der Waals surface area contributed by atoms with Crippen LogP contribution in [0.5, 0.6) is 5.75 Å². The van der Waals surface area contributed by atoms with E-state index in [1.165, 1.54) is 12.8 Å². The molecule has 3 aliphatic heterocycles. The number of nitrogens with zero attached hydrogens (tertiary/aromatic N) is 2. The van der Waals surface area contributed by atoms with Crippen LogP contribution < -0.4 is 4.74 Å².